The molecule has 0 aromatic heterocycles. The van der Waals surface area contributed by atoms with Crippen LogP contribution in [0.5, 0.6) is 0 Å². The molecule has 1 aromatic rings. The molecule has 122 valence electrons. The van der Waals surface area contributed by atoms with Gasteiger partial charge in [-0.05, 0) is 51.2 Å². The van der Waals surface area contributed by atoms with Gasteiger partial charge in [0.15, 0.2) is 9.84 Å². The van der Waals surface area contributed by atoms with Crippen LogP contribution in [0.4, 0.5) is 0 Å². The maximum atomic E-state index is 12.4. The van der Waals surface area contributed by atoms with Crippen LogP contribution in [0.2, 0.25) is 0 Å². The number of carbonyl (C=O) groups excluding carboxylic acids is 1. The number of fused-ring (bicyclic) bond motifs is 1. The van der Waals surface area contributed by atoms with Crippen molar-refractivity contribution in [2.24, 2.45) is 0 Å². The maximum Gasteiger partial charge on any atom is 0.238 e. The number of carbonyl (C=O) groups is 1. The topological polar surface area (TPSA) is 63.2 Å². The maximum absolute atomic E-state index is 12.4. The molecular formula is C17H25NO3S. The highest BCUT2D eigenvalue weighted by atomic mass is 32.2. The van der Waals surface area contributed by atoms with E-state index in [1.54, 1.807) is 13.8 Å². The zero-order valence-corrected chi connectivity index (χ0v) is 14.3. The Hall–Kier alpha value is -1.36. The Kier molecular flexibility index (Phi) is 5.27. The Morgan fingerprint density at radius 2 is 1.86 bits per heavy atom. The van der Waals surface area contributed by atoms with Gasteiger partial charge in [-0.15, -0.1) is 0 Å². The third-order valence-electron chi connectivity index (χ3n) is 4.46. The Balaban J connectivity index is 2.18. The standard InChI is InChI=1S/C17H25NO3S/c1-12(2)22(20,21)13(3)17(19)18-16-11-7-5-9-14-8-4-6-10-15(14)16/h4,6,8,10,12-13,16H,5,7,9,11H2,1-3H3,(H,18,19)/t13-,16+/m1/s1. The number of sulfone groups is 1. The van der Waals surface area contributed by atoms with Crippen LogP contribution in [0.1, 0.15) is 57.2 Å². The Morgan fingerprint density at radius 3 is 2.55 bits per heavy atom. The van der Waals surface area contributed by atoms with E-state index in [9.17, 15) is 13.2 Å². The van der Waals surface area contributed by atoms with Crippen molar-refractivity contribution >= 4 is 15.7 Å². The number of hydrogen-bond donors (Lipinski definition) is 1. The molecule has 0 unspecified atom stereocenters. The number of benzene rings is 1. The molecule has 2 atom stereocenters. The van der Waals surface area contributed by atoms with Crippen molar-refractivity contribution in [2.75, 3.05) is 0 Å². The average Bonchev–Trinajstić information content (AvgIpc) is 2.69. The highest BCUT2D eigenvalue weighted by Crippen LogP contribution is 2.28. The van der Waals surface area contributed by atoms with E-state index in [-0.39, 0.29) is 6.04 Å². The van der Waals surface area contributed by atoms with Gasteiger partial charge in [-0.25, -0.2) is 8.42 Å². The second kappa shape index (κ2) is 6.82. The van der Waals surface area contributed by atoms with Crippen LogP contribution in [-0.4, -0.2) is 24.8 Å². The predicted molar refractivity (Wildman–Crippen MR) is 88.4 cm³/mol. The first-order valence-electron chi connectivity index (χ1n) is 7.95. The van der Waals surface area contributed by atoms with E-state index in [0.29, 0.717) is 0 Å². The van der Waals surface area contributed by atoms with Crippen LogP contribution in [0.25, 0.3) is 0 Å². The number of amides is 1. The van der Waals surface area contributed by atoms with Gasteiger partial charge in [0.25, 0.3) is 0 Å². The van der Waals surface area contributed by atoms with Crippen molar-refractivity contribution in [3.8, 4) is 0 Å². The monoisotopic (exact) mass is 323 g/mol. The minimum atomic E-state index is -3.43. The Labute approximate surface area is 133 Å². The minimum Gasteiger partial charge on any atom is -0.348 e. The summed E-state index contributed by atoms with van der Waals surface area (Å²) in [4.78, 5) is 12.4. The molecule has 0 saturated heterocycles. The molecule has 0 aliphatic heterocycles. The molecule has 1 amide bonds. The molecule has 0 bridgehead atoms. The molecule has 0 fully saturated rings. The average molecular weight is 323 g/mol. The summed E-state index contributed by atoms with van der Waals surface area (Å²) in [5.41, 5.74) is 2.38. The SMILES string of the molecule is CC(C)S(=O)(=O)[C@H](C)C(=O)N[C@H]1CCCCc2ccccc21. The van der Waals surface area contributed by atoms with Crippen LogP contribution in [0, 0.1) is 0 Å². The molecule has 0 saturated carbocycles. The summed E-state index contributed by atoms with van der Waals surface area (Å²) < 4.78 is 24.3. The molecule has 1 aromatic carbocycles. The van der Waals surface area contributed by atoms with Gasteiger partial charge in [0.05, 0.1) is 11.3 Å². The van der Waals surface area contributed by atoms with Gasteiger partial charge in [0, 0.05) is 0 Å². The number of hydrogen-bond acceptors (Lipinski definition) is 3. The van der Waals surface area contributed by atoms with Crippen molar-refractivity contribution in [1.29, 1.82) is 0 Å². The van der Waals surface area contributed by atoms with Crippen molar-refractivity contribution in [3.63, 3.8) is 0 Å². The Morgan fingerprint density at radius 1 is 1.18 bits per heavy atom. The van der Waals surface area contributed by atoms with Crippen LogP contribution < -0.4 is 5.32 Å². The highest BCUT2D eigenvalue weighted by Gasteiger charge is 2.32. The fourth-order valence-corrected chi connectivity index (χ4v) is 4.10. The van der Waals surface area contributed by atoms with Gasteiger partial charge >= 0.3 is 0 Å². The Bertz CT molecular complexity index is 637. The van der Waals surface area contributed by atoms with Crippen LogP contribution in [0.15, 0.2) is 24.3 Å². The number of nitrogens with one attached hydrogen (secondary N) is 1. The molecule has 1 N–H and O–H groups in total. The van der Waals surface area contributed by atoms with Crippen LogP contribution in [-0.2, 0) is 21.1 Å². The van der Waals surface area contributed by atoms with Crippen molar-refractivity contribution < 1.29 is 13.2 Å². The fraction of sp³-hybridized carbons (Fsp3) is 0.588. The first-order chi connectivity index (χ1) is 10.3. The zero-order chi connectivity index (χ0) is 16.3. The molecule has 5 heteroatoms. The lowest BCUT2D eigenvalue weighted by atomic mass is 9.99. The van der Waals surface area contributed by atoms with Crippen LogP contribution in [0.3, 0.4) is 0 Å². The van der Waals surface area contributed by atoms with E-state index in [1.165, 1.54) is 12.5 Å². The summed E-state index contributed by atoms with van der Waals surface area (Å²) in [7, 11) is -3.43. The minimum absolute atomic E-state index is 0.0870. The van der Waals surface area contributed by atoms with Gasteiger partial charge in [-0.3, -0.25) is 4.79 Å². The predicted octanol–water partition coefficient (Wildman–Crippen LogP) is 2.78. The third kappa shape index (κ3) is 3.51. The number of rotatable bonds is 4. The largest absolute Gasteiger partial charge is 0.348 e. The zero-order valence-electron chi connectivity index (χ0n) is 13.5. The first kappa shape index (κ1) is 17.0. The summed E-state index contributed by atoms with van der Waals surface area (Å²) in [6.45, 7) is 4.70. The summed E-state index contributed by atoms with van der Waals surface area (Å²) in [5, 5.41) is 1.40. The molecule has 1 aliphatic carbocycles. The number of aryl methyl sites for hydroxylation is 1. The van der Waals surface area contributed by atoms with Gasteiger partial charge in [0.2, 0.25) is 5.91 Å². The molecule has 0 radical (unpaired) electrons. The van der Waals surface area contributed by atoms with Gasteiger partial charge < -0.3 is 5.32 Å². The van der Waals surface area contributed by atoms with Crippen LogP contribution >= 0.6 is 0 Å². The first-order valence-corrected chi connectivity index (χ1v) is 9.56. The lowest BCUT2D eigenvalue weighted by Gasteiger charge is -2.22. The van der Waals surface area contributed by atoms with Crippen molar-refractivity contribution in [1.82, 2.24) is 5.32 Å². The molecular weight excluding hydrogens is 298 g/mol. The summed E-state index contributed by atoms with van der Waals surface area (Å²) in [6.07, 6.45) is 4.01. The fourth-order valence-electron chi connectivity index (χ4n) is 2.92. The van der Waals surface area contributed by atoms with Gasteiger partial charge in [-0.2, -0.15) is 0 Å². The molecule has 0 heterocycles. The molecule has 1 aliphatic rings. The quantitative estimate of drug-likeness (QED) is 0.867. The lowest BCUT2D eigenvalue weighted by molar-refractivity contribution is -0.121. The van der Waals surface area contributed by atoms with E-state index in [4.69, 9.17) is 0 Å². The lowest BCUT2D eigenvalue weighted by Crippen LogP contribution is -2.42. The molecule has 4 nitrogen and oxygen atoms in total. The van der Waals surface area contributed by atoms with E-state index in [1.807, 2.05) is 18.2 Å². The third-order valence-corrected chi connectivity index (χ3v) is 6.97. The smallest absolute Gasteiger partial charge is 0.238 e. The molecule has 22 heavy (non-hydrogen) atoms. The van der Waals surface area contributed by atoms with E-state index >= 15 is 0 Å². The highest BCUT2D eigenvalue weighted by molar-refractivity contribution is 7.93. The van der Waals surface area contributed by atoms with Crippen molar-refractivity contribution in [2.45, 2.75) is 63.0 Å². The summed E-state index contributed by atoms with van der Waals surface area (Å²) in [5.74, 6) is -0.393. The van der Waals surface area contributed by atoms with E-state index in [0.717, 1.165) is 31.2 Å². The molecule has 2 rings (SSSR count). The summed E-state index contributed by atoms with van der Waals surface area (Å²) >= 11 is 0. The van der Waals surface area contributed by atoms with E-state index in [2.05, 4.69) is 11.4 Å². The van der Waals surface area contributed by atoms with Gasteiger partial charge in [0.1, 0.15) is 5.25 Å². The second-order valence-corrected chi connectivity index (χ2v) is 9.11. The van der Waals surface area contributed by atoms with Gasteiger partial charge in [-0.1, -0.05) is 30.7 Å². The normalized spacial score (nSPS) is 20.1. The summed E-state index contributed by atoms with van der Waals surface area (Å²) in [6, 6.07) is 8.02. The van der Waals surface area contributed by atoms with Crippen molar-refractivity contribution in [3.05, 3.63) is 35.4 Å². The van der Waals surface area contributed by atoms with E-state index < -0.39 is 26.2 Å². The second-order valence-electron chi connectivity index (χ2n) is 6.29. The molecule has 0 spiro atoms.